The molecule has 0 aromatic carbocycles. The van der Waals surface area contributed by atoms with Crippen molar-refractivity contribution in [2.45, 2.75) is 26.2 Å². The van der Waals surface area contributed by atoms with Crippen molar-refractivity contribution in [3.63, 3.8) is 0 Å². The van der Waals surface area contributed by atoms with Crippen LogP contribution in [0.1, 0.15) is 26.2 Å². The first-order chi connectivity index (χ1) is 4.85. The lowest BCUT2D eigenvalue weighted by Crippen LogP contribution is -2.07. The Morgan fingerprint density at radius 1 is 1.50 bits per heavy atom. The fraction of sp³-hybridized carbons (Fsp3) is 1.00. The summed E-state index contributed by atoms with van der Waals surface area (Å²) in [7, 11) is 1.72. The van der Waals surface area contributed by atoms with Crippen LogP contribution in [-0.2, 0) is 4.74 Å². The summed E-state index contributed by atoms with van der Waals surface area (Å²) in [5.74, 6) is 0.636. The van der Waals surface area contributed by atoms with E-state index in [1.54, 1.807) is 7.11 Å². The Morgan fingerprint density at radius 2 is 2.20 bits per heavy atom. The van der Waals surface area contributed by atoms with Crippen LogP contribution in [0.4, 0.5) is 0 Å². The summed E-state index contributed by atoms with van der Waals surface area (Å²) >= 11 is 0. The van der Waals surface area contributed by atoms with Crippen molar-refractivity contribution in [2.75, 3.05) is 20.3 Å². The highest BCUT2D eigenvalue weighted by molar-refractivity contribution is 4.54. The molecule has 0 radical (unpaired) electrons. The molecule has 0 aromatic heterocycles. The van der Waals surface area contributed by atoms with Crippen LogP contribution in [0.25, 0.3) is 0 Å². The number of aliphatic hydroxyl groups is 1. The van der Waals surface area contributed by atoms with Gasteiger partial charge in [-0.1, -0.05) is 13.3 Å². The first-order valence-electron chi connectivity index (χ1n) is 3.95. The largest absolute Gasteiger partial charge is 0.396 e. The molecular weight excluding hydrogens is 128 g/mol. The Morgan fingerprint density at radius 3 is 2.60 bits per heavy atom. The predicted octanol–water partition coefficient (Wildman–Crippen LogP) is 1.43. The standard InChI is InChI=1S/C8H18O2/c1-3-8(7-10-2)5-4-6-9/h8-9H,3-7H2,1-2H3/t8-/m1/s1. The normalized spacial score (nSPS) is 13.5. The maximum Gasteiger partial charge on any atom is 0.0490 e. The second-order valence-electron chi connectivity index (χ2n) is 2.60. The van der Waals surface area contributed by atoms with Crippen molar-refractivity contribution in [3.05, 3.63) is 0 Å². The van der Waals surface area contributed by atoms with Gasteiger partial charge in [0.25, 0.3) is 0 Å². The van der Waals surface area contributed by atoms with Crippen molar-refractivity contribution in [2.24, 2.45) is 5.92 Å². The van der Waals surface area contributed by atoms with Crippen molar-refractivity contribution < 1.29 is 9.84 Å². The van der Waals surface area contributed by atoms with Crippen molar-refractivity contribution >= 4 is 0 Å². The zero-order valence-electron chi connectivity index (χ0n) is 6.97. The van der Waals surface area contributed by atoms with Crippen LogP contribution in [0.15, 0.2) is 0 Å². The zero-order valence-corrected chi connectivity index (χ0v) is 6.97. The Balaban J connectivity index is 3.21. The summed E-state index contributed by atoms with van der Waals surface area (Å²) in [5.41, 5.74) is 0. The van der Waals surface area contributed by atoms with Crippen LogP contribution >= 0.6 is 0 Å². The van der Waals surface area contributed by atoms with E-state index < -0.39 is 0 Å². The summed E-state index contributed by atoms with van der Waals surface area (Å²) in [6, 6.07) is 0. The SMILES string of the molecule is CC[C@H](CCCO)COC. The smallest absolute Gasteiger partial charge is 0.0490 e. The lowest BCUT2D eigenvalue weighted by atomic mass is 10.0. The maximum atomic E-state index is 8.54. The van der Waals surface area contributed by atoms with Gasteiger partial charge in [0.05, 0.1) is 0 Å². The van der Waals surface area contributed by atoms with E-state index >= 15 is 0 Å². The van der Waals surface area contributed by atoms with Crippen LogP contribution in [-0.4, -0.2) is 25.4 Å². The zero-order chi connectivity index (χ0) is 7.82. The van der Waals surface area contributed by atoms with Crippen molar-refractivity contribution in [1.29, 1.82) is 0 Å². The molecule has 62 valence electrons. The summed E-state index contributed by atoms with van der Waals surface area (Å²) in [6.45, 7) is 3.29. The highest BCUT2D eigenvalue weighted by atomic mass is 16.5. The van der Waals surface area contributed by atoms with Gasteiger partial charge in [0.15, 0.2) is 0 Å². The predicted molar refractivity (Wildman–Crippen MR) is 42.0 cm³/mol. The average Bonchev–Trinajstić information content (AvgIpc) is 1.98. The number of hydrogen-bond donors (Lipinski definition) is 1. The van der Waals surface area contributed by atoms with E-state index in [-0.39, 0.29) is 0 Å². The Kier molecular flexibility index (Phi) is 6.98. The molecule has 0 fully saturated rings. The van der Waals surface area contributed by atoms with Crippen LogP contribution in [0.5, 0.6) is 0 Å². The Hall–Kier alpha value is -0.0800. The minimum atomic E-state index is 0.306. The lowest BCUT2D eigenvalue weighted by Gasteiger charge is -2.11. The molecule has 0 aromatic rings. The number of rotatable bonds is 6. The second-order valence-corrected chi connectivity index (χ2v) is 2.60. The maximum absolute atomic E-state index is 8.54. The van der Waals surface area contributed by atoms with Gasteiger partial charge in [0.2, 0.25) is 0 Å². The molecule has 0 aliphatic heterocycles. The molecule has 2 nitrogen and oxygen atoms in total. The van der Waals surface area contributed by atoms with E-state index in [2.05, 4.69) is 6.92 Å². The summed E-state index contributed by atoms with van der Waals surface area (Å²) < 4.78 is 5.01. The highest BCUT2D eigenvalue weighted by Crippen LogP contribution is 2.09. The minimum Gasteiger partial charge on any atom is -0.396 e. The summed E-state index contributed by atoms with van der Waals surface area (Å²) in [5, 5.41) is 8.54. The van der Waals surface area contributed by atoms with Gasteiger partial charge in [-0.15, -0.1) is 0 Å². The molecule has 0 bridgehead atoms. The average molecular weight is 146 g/mol. The second kappa shape index (κ2) is 7.03. The van der Waals surface area contributed by atoms with Crippen molar-refractivity contribution in [3.8, 4) is 0 Å². The molecule has 0 rings (SSSR count). The quantitative estimate of drug-likeness (QED) is 0.614. The third-order valence-corrected chi connectivity index (χ3v) is 1.75. The van der Waals surface area contributed by atoms with Crippen LogP contribution in [0.2, 0.25) is 0 Å². The molecule has 0 saturated carbocycles. The Bertz CT molecular complexity index is 64.3. The number of hydrogen-bond acceptors (Lipinski definition) is 2. The van der Waals surface area contributed by atoms with Gasteiger partial charge in [0, 0.05) is 20.3 Å². The molecule has 0 aliphatic carbocycles. The highest BCUT2D eigenvalue weighted by Gasteiger charge is 2.03. The molecule has 1 atom stereocenters. The molecule has 0 aliphatic rings. The fourth-order valence-corrected chi connectivity index (χ4v) is 1.02. The number of methoxy groups -OCH3 is 1. The van der Waals surface area contributed by atoms with Gasteiger partial charge in [-0.05, 0) is 18.8 Å². The van der Waals surface area contributed by atoms with Gasteiger partial charge in [0.1, 0.15) is 0 Å². The summed E-state index contributed by atoms with van der Waals surface area (Å²) in [4.78, 5) is 0. The molecule has 0 saturated heterocycles. The third-order valence-electron chi connectivity index (χ3n) is 1.75. The van der Waals surface area contributed by atoms with Crippen LogP contribution in [0.3, 0.4) is 0 Å². The van der Waals surface area contributed by atoms with E-state index in [1.165, 1.54) is 0 Å². The molecule has 0 heterocycles. The fourth-order valence-electron chi connectivity index (χ4n) is 1.02. The molecule has 10 heavy (non-hydrogen) atoms. The molecule has 1 N–H and O–H groups in total. The summed E-state index contributed by atoms with van der Waals surface area (Å²) in [6.07, 6.45) is 3.14. The van der Waals surface area contributed by atoms with Gasteiger partial charge in [-0.3, -0.25) is 0 Å². The van der Waals surface area contributed by atoms with Gasteiger partial charge in [-0.25, -0.2) is 0 Å². The van der Waals surface area contributed by atoms with E-state index in [4.69, 9.17) is 9.84 Å². The molecule has 0 spiro atoms. The van der Waals surface area contributed by atoms with E-state index in [0.29, 0.717) is 12.5 Å². The first-order valence-corrected chi connectivity index (χ1v) is 3.95. The monoisotopic (exact) mass is 146 g/mol. The van der Waals surface area contributed by atoms with Gasteiger partial charge < -0.3 is 9.84 Å². The molecular formula is C8H18O2. The topological polar surface area (TPSA) is 29.5 Å². The molecule has 2 heteroatoms. The van der Waals surface area contributed by atoms with Crippen LogP contribution in [0, 0.1) is 5.92 Å². The van der Waals surface area contributed by atoms with Gasteiger partial charge >= 0.3 is 0 Å². The lowest BCUT2D eigenvalue weighted by molar-refractivity contribution is 0.139. The van der Waals surface area contributed by atoms with E-state index in [0.717, 1.165) is 25.9 Å². The van der Waals surface area contributed by atoms with E-state index in [1.807, 2.05) is 0 Å². The third kappa shape index (κ3) is 4.77. The van der Waals surface area contributed by atoms with Crippen LogP contribution < -0.4 is 0 Å². The van der Waals surface area contributed by atoms with Crippen molar-refractivity contribution in [1.82, 2.24) is 0 Å². The molecule has 0 unspecified atom stereocenters. The number of aliphatic hydroxyl groups excluding tert-OH is 1. The minimum absolute atomic E-state index is 0.306. The van der Waals surface area contributed by atoms with E-state index in [9.17, 15) is 0 Å². The Labute approximate surface area is 63.2 Å². The van der Waals surface area contributed by atoms with Gasteiger partial charge in [-0.2, -0.15) is 0 Å². The molecule has 0 amide bonds. The first kappa shape index (κ1) is 9.92. The number of ether oxygens (including phenoxy) is 1.